The zero-order valence-corrected chi connectivity index (χ0v) is 13.8. The van der Waals surface area contributed by atoms with Crippen molar-refractivity contribution in [2.75, 3.05) is 11.5 Å². The molecule has 0 saturated heterocycles. The molecule has 0 aromatic heterocycles. The molecule has 2 aromatic carbocycles. The highest BCUT2D eigenvalue weighted by Crippen LogP contribution is 2.37. The molecule has 5 heteroatoms. The molecule has 0 radical (unpaired) electrons. The molecule has 1 aliphatic rings. The summed E-state index contributed by atoms with van der Waals surface area (Å²) in [6.07, 6.45) is 0.445. The van der Waals surface area contributed by atoms with E-state index in [1.54, 1.807) is 6.92 Å². The zero-order valence-electron chi connectivity index (χ0n) is 13.0. The van der Waals surface area contributed by atoms with Crippen LogP contribution in [0.3, 0.4) is 0 Å². The molecular weight excluding hydrogens is 310 g/mol. The Kier molecular flexibility index (Phi) is 4.22. The second kappa shape index (κ2) is 6.16. The Bertz CT molecular complexity index is 801. The summed E-state index contributed by atoms with van der Waals surface area (Å²) in [7, 11) is -3.21. The molecule has 1 atom stereocenters. The minimum absolute atomic E-state index is 0.0691. The van der Waals surface area contributed by atoms with Crippen LogP contribution in [0, 0.1) is 0 Å². The Morgan fingerprint density at radius 1 is 1.04 bits per heavy atom. The second-order valence-corrected chi connectivity index (χ2v) is 8.06. The van der Waals surface area contributed by atoms with E-state index in [9.17, 15) is 8.42 Å². The van der Waals surface area contributed by atoms with Crippen molar-refractivity contribution in [2.24, 2.45) is 5.16 Å². The molecule has 120 valence electrons. The third-order valence-corrected chi connectivity index (χ3v) is 5.87. The highest BCUT2D eigenvalue weighted by Gasteiger charge is 2.44. The topological polar surface area (TPSA) is 55.7 Å². The quantitative estimate of drug-likeness (QED) is 0.847. The Morgan fingerprint density at radius 3 is 2.26 bits per heavy atom. The van der Waals surface area contributed by atoms with Crippen molar-refractivity contribution in [1.29, 1.82) is 0 Å². The van der Waals surface area contributed by atoms with E-state index in [2.05, 4.69) is 5.16 Å². The van der Waals surface area contributed by atoms with Crippen molar-refractivity contribution in [2.45, 2.75) is 18.9 Å². The number of hydrogen-bond donors (Lipinski definition) is 0. The van der Waals surface area contributed by atoms with Gasteiger partial charge < -0.3 is 4.84 Å². The predicted octanol–water partition coefficient (Wildman–Crippen LogP) is 3.14. The molecule has 0 saturated carbocycles. The SMILES string of the molecule is CCS(=O)(=O)C[C@@]1(c2ccccc2)CC(c2ccccc2)=NO1. The third kappa shape index (κ3) is 3.29. The van der Waals surface area contributed by atoms with Crippen LogP contribution < -0.4 is 0 Å². The fraction of sp³-hybridized carbons (Fsp3) is 0.278. The molecule has 0 amide bonds. The van der Waals surface area contributed by atoms with Crippen LogP contribution in [-0.4, -0.2) is 25.6 Å². The molecule has 0 unspecified atom stereocenters. The van der Waals surface area contributed by atoms with Gasteiger partial charge in [0.2, 0.25) is 0 Å². The van der Waals surface area contributed by atoms with Gasteiger partial charge in [0.1, 0.15) is 0 Å². The summed E-state index contributed by atoms with van der Waals surface area (Å²) >= 11 is 0. The van der Waals surface area contributed by atoms with Gasteiger partial charge in [-0.05, 0) is 11.1 Å². The fourth-order valence-electron chi connectivity index (χ4n) is 2.78. The predicted molar refractivity (Wildman–Crippen MR) is 91.1 cm³/mol. The maximum atomic E-state index is 12.2. The van der Waals surface area contributed by atoms with E-state index in [1.807, 2.05) is 60.7 Å². The molecular formula is C18H19NO3S. The summed E-state index contributed by atoms with van der Waals surface area (Å²) in [5, 5.41) is 4.21. The fourth-order valence-corrected chi connectivity index (χ4v) is 4.01. The molecule has 0 fully saturated rings. The van der Waals surface area contributed by atoms with Crippen LogP contribution >= 0.6 is 0 Å². The number of nitrogens with zero attached hydrogens (tertiary/aromatic N) is 1. The molecule has 2 aromatic rings. The van der Waals surface area contributed by atoms with Gasteiger partial charge in [-0.3, -0.25) is 0 Å². The van der Waals surface area contributed by atoms with Gasteiger partial charge in [0, 0.05) is 12.2 Å². The zero-order chi connectivity index (χ0) is 16.3. The highest BCUT2D eigenvalue weighted by atomic mass is 32.2. The minimum atomic E-state index is -3.21. The summed E-state index contributed by atoms with van der Waals surface area (Å²) in [6.45, 7) is 1.65. The van der Waals surface area contributed by atoms with Crippen molar-refractivity contribution < 1.29 is 13.3 Å². The monoisotopic (exact) mass is 329 g/mol. The van der Waals surface area contributed by atoms with Crippen molar-refractivity contribution in [3.05, 3.63) is 71.8 Å². The molecule has 0 aliphatic carbocycles. The second-order valence-electron chi connectivity index (χ2n) is 5.71. The highest BCUT2D eigenvalue weighted by molar-refractivity contribution is 7.91. The normalized spacial score (nSPS) is 20.8. The lowest BCUT2D eigenvalue weighted by molar-refractivity contribution is -0.00448. The lowest BCUT2D eigenvalue weighted by Crippen LogP contribution is -2.35. The summed E-state index contributed by atoms with van der Waals surface area (Å²) in [6, 6.07) is 19.2. The van der Waals surface area contributed by atoms with E-state index in [-0.39, 0.29) is 11.5 Å². The van der Waals surface area contributed by atoms with Gasteiger partial charge in [0.15, 0.2) is 15.4 Å². The van der Waals surface area contributed by atoms with Gasteiger partial charge >= 0.3 is 0 Å². The summed E-state index contributed by atoms with van der Waals surface area (Å²) in [4.78, 5) is 5.74. The van der Waals surface area contributed by atoms with Crippen LogP contribution in [0.4, 0.5) is 0 Å². The smallest absolute Gasteiger partial charge is 0.182 e. The lowest BCUT2D eigenvalue weighted by Gasteiger charge is -2.26. The first kappa shape index (κ1) is 15.7. The average Bonchev–Trinajstić information content (AvgIpc) is 3.01. The van der Waals surface area contributed by atoms with Gasteiger partial charge in [-0.2, -0.15) is 0 Å². The molecule has 23 heavy (non-hydrogen) atoms. The van der Waals surface area contributed by atoms with Gasteiger partial charge in [-0.1, -0.05) is 72.7 Å². The van der Waals surface area contributed by atoms with Crippen LogP contribution in [0.25, 0.3) is 0 Å². The standard InChI is InChI=1S/C18H19NO3S/c1-2-23(20,21)14-18(16-11-7-4-8-12-16)13-17(19-22-18)15-9-5-3-6-10-15/h3-12H,2,13-14H2,1H3/t18-/m1/s1. The van der Waals surface area contributed by atoms with E-state index in [0.29, 0.717) is 6.42 Å². The molecule has 0 bridgehead atoms. The van der Waals surface area contributed by atoms with Gasteiger partial charge in [0.05, 0.1) is 11.5 Å². The van der Waals surface area contributed by atoms with E-state index in [0.717, 1.165) is 16.8 Å². The summed E-state index contributed by atoms with van der Waals surface area (Å²) in [5.74, 6) is 0.0198. The van der Waals surface area contributed by atoms with Crippen LogP contribution in [-0.2, 0) is 20.3 Å². The summed E-state index contributed by atoms with van der Waals surface area (Å²) in [5.41, 5.74) is 1.63. The average molecular weight is 329 g/mol. The van der Waals surface area contributed by atoms with Gasteiger partial charge in [-0.15, -0.1) is 0 Å². The molecule has 3 rings (SSSR count). The molecule has 1 heterocycles. The Hall–Kier alpha value is -2.14. The van der Waals surface area contributed by atoms with Crippen molar-refractivity contribution in [3.8, 4) is 0 Å². The van der Waals surface area contributed by atoms with Gasteiger partial charge in [-0.25, -0.2) is 8.42 Å². The molecule has 4 nitrogen and oxygen atoms in total. The Balaban J connectivity index is 1.97. The Labute approximate surface area is 136 Å². The van der Waals surface area contributed by atoms with E-state index >= 15 is 0 Å². The number of benzene rings is 2. The molecule has 0 spiro atoms. The van der Waals surface area contributed by atoms with Crippen LogP contribution in [0.2, 0.25) is 0 Å². The van der Waals surface area contributed by atoms with Crippen molar-refractivity contribution in [1.82, 2.24) is 0 Å². The van der Waals surface area contributed by atoms with E-state index in [1.165, 1.54) is 0 Å². The maximum Gasteiger partial charge on any atom is 0.182 e. The number of oxime groups is 1. The van der Waals surface area contributed by atoms with Crippen LogP contribution in [0.5, 0.6) is 0 Å². The first-order valence-electron chi connectivity index (χ1n) is 7.61. The number of hydrogen-bond acceptors (Lipinski definition) is 4. The van der Waals surface area contributed by atoms with Crippen LogP contribution in [0.1, 0.15) is 24.5 Å². The van der Waals surface area contributed by atoms with E-state index in [4.69, 9.17) is 4.84 Å². The van der Waals surface area contributed by atoms with Gasteiger partial charge in [0.25, 0.3) is 0 Å². The minimum Gasteiger partial charge on any atom is -0.383 e. The summed E-state index contributed by atoms with van der Waals surface area (Å²) < 4.78 is 24.5. The first-order valence-corrected chi connectivity index (χ1v) is 9.43. The maximum absolute atomic E-state index is 12.2. The third-order valence-electron chi connectivity index (χ3n) is 4.08. The largest absolute Gasteiger partial charge is 0.383 e. The van der Waals surface area contributed by atoms with Crippen molar-refractivity contribution >= 4 is 15.5 Å². The van der Waals surface area contributed by atoms with E-state index < -0.39 is 15.4 Å². The lowest BCUT2D eigenvalue weighted by atomic mass is 9.89. The van der Waals surface area contributed by atoms with Crippen LogP contribution in [0.15, 0.2) is 65.8 Å². The molecule has 1 aliphatic heterocycles. The number of rotatable bonds is 5. The first-order chi connectivity index (χ1) is 11.0. The number of sulfone groups is 1. The Morgan fingerprint density at radius 2 is 1.65 bits per heavy atom. The molecule has 0 N–H and O–H groups in total. The van der Waals surface area contributed by atoms with Crippen molar-refractivity contribution in [3.63, 3.8) is 0 Å².